The quantitative estimate of drug-likeness (QED) is 0.261. The molecule has 0 aliphatic rings. The molecular weight excluding hydrogens is 432 g/mol. The minimum atomic E-state index is -0.280. The standard InChI is InChI=1S/C27H54N2O5/c1-21(2)15-23(30)28-18-26(7,8)20-34-14-12-32-11-13-33-19-25(5,6)17-27(9,10)29-24(31)16-22(3)4/h21-22H,11-20H2,1-10H3,(H,28,30)(H,29,31). The zero-order chi connectivity index (χ0) is 26.4. The van der Waals surface area contributed by atoms with Gasteiger partial charge in [0.25, 0.3) is 0 Å². The van der Waals surface area contributed by atoms with Crippen LogP contribution in [0, 0.1) is 22.7 Å². The Hall–Kier alpha value is -1.18. The van der Waals surface area contributed by atoms with Crippen molar-refractivity contribution in [2.75, 3.05) is 46.2 Å². The van der Waals surface area contributed by atoms with Crippen molar-refractivity contribution in [1.82, 2.24) is 10.6 Å². The third-order valence-electron chi connectivity index (χ3n) is 5.08. The van der Waals surface area contributed by atoms with Crippen LogP contribution in [0.15, 0.2) is 0 Å². The number of hydrogen-bond acceptors (Lipinski definition) is 5. The van der Waals surface area contributed by atoms with E-state index in [0.717, 1.165) is 6.42 Å². The molecule has 0 radical (unpaired) electrons. The van der Waals surface area contributed by atoms with Gasteiger partial charge < -0.3 is 24.8 Å². The molecule has 0 heterocycles. The van der Waals surface area contributed by atoms with E-state index < -0.39 is 0 Å². The first kappa shape index (κ1) is 32.8. The minimum Gasteiger partial charge on any atom is -0.379 e. The van der Waals surface area contributed by atoms with Gasteiger partial charge in [-0.25, -0.2) is 0 Å². The lowest BCUT2D eigenvalue weighted by Crippen LogP contribution is -2.47. The molecule has 0 aromatic rings. The molecule has 7 nitrogen and oxygen atoms in total. The van der Waals surface area contributed by atoms with Crippen LogP contribution in [0.2, 0.25) is 0 Å². The van der Waals surface area contributed by atoms with Crippen LogP contribution in [0.25, 0.3) is 0 Å². The fourth-order valence-corrected chi connectivity index (χ4v) is 3.96. The number of nitrogens with one attached hydrogen (secondary N) is 2. The van der Waals surface area contributed by atoms with Gasteiger partial charge in [-0.1, -0.05) is 55.4 Å². The van der Waals surface area contributed by atoms with Gasteiger partial charge in [0.05, 0.1) is 39.6 Å². The Labute approximate surface area is 209 Å². The van der Waals surface area contributed by atoms with Crippen molar-refractivity contribution >= 4 is 11.8 Å². The number of ether oxygens (including phenoxy) is 3. The van der Waals surface area contributed by atoms with Gasteiger partial charge in [0.15, 0.2) is 0 Å². The predicted octanol–water partition coefficient (Wildman–Crippen LogP) is 4.58. The fourth-order valence-electron chi connectivity index (χ4n) is 3.96. The molecule has 0 aromatic heterocycles. The summed E-state index contributed by atoms with van der Waals surface area (Å²) >= 11 is 0. The van der Waals surface area contributed by atoms with Gasteiger partial charge in [0.1, 0.15) is 0 Å². The molecule has 0 unspecified atom stereocenters. The van der Waals surface area contributed by atoms with Gasteiger partial charge >= 0.3 is 0 Å². The number of hydrogen-bond donors (Lipinski definition) is 2. The van der Waals surface area contributed by atoms with E-state index in [9.17, 15) is 9.59 Å². The highest BCUT2D eigenvalue weighted by Gasteiger charge is 2.30. The molecule has 7 heteroatoms. The Balaban J connectivity index is 3.93. The highest BCUT2D eigenvalue weighted by molar-refractivity contribution is 5.77. The topological polar surface area (TPSA) is 85.9 Å². The molecular formula is C27H54N2O5. The summed E-state index contributed by atoms with van der Waals surface area (Å²) < 4.78 is 17.2. The second-order valence-corrected chi connectivity index (χ2v) is 12.6. The van der Waals surface area contributed by atoms with E-state index in [0.29, 0.717) is 70.9 Å². The van der Waals surface area contributed by atoms with E-state index in [2.05, 4.69) is 66.0 Å². The van der Waals surface area contributed by atoms with Crippen molar-refractivity contribution in [3.05, 3.63) is 0 Å². The van der Waals surface area contributed by atoms with Crippen molar-refractivity contribution in [3.63, 3.8) is 0 Å². The lowest BCUT2D eigenvalue weighted by Gasteiger charge is -2.35. The van der Waals surface area contributed by atoms with E-state index in [1.54, 1.807) is 0 Å². The van der Waals surface area contributed by atoms with Crippen molar-refractivity contribution in [2.24, 2.45) is 22.7 Å². The van der Waals surface area contributed by atoms with Gasteiger partial charge in [-0.3, -0.25) is 9.59 Å². The van der Waals surface area contributed by atoms with E-state index in [4.69, 9.17) is 14.2 Å². The predicted molar refractivity (Wildman–Crippen MR) is 139 cm³/mol. The lowest BCUT2D eigenvalue weighted by atomic mass is 9.80. The summed E-state index contributed by atoms with van der Waals surface area (Å²) in [5.74, 6) is 0.910. The molecule has 34 heavy (non-hydrogen) atoms. The number of carbonyl (C=O) groups is 2. The summed E-state index contributed by atoms with van der Waals surface area (Å²) in [6.45, 7) is 24.6. The Morgan fingerprint density at radius 2 is 1.12 bits per heavy atom. The summed E-state index contributed by atoms with van der Waals surface area (Å²) in [5.41, 5.74) is -0.463. The Bertz CT molecular complexity index is 586. The van der Waals surface area contributed by atoms with Crippen molar-refractivity contribution < 1.29 is 23.8 Å². The summed E-state index contributed by atoms with van der Waals surface area (Å²) in [4.78, 5) is 23.9. The van der Waals surface area contributed by atoms with Crippen LogP contribution in [0.5, 0.6) is 0 Å². The highest BCUT2D eigenvalue weighted by atomic mass is 16.5. The highest BCUT2D eigenvalue weighted by Crippen LogP contribution is 2.28. The fraction of sp³-hybridized carbons (Fsp3) is 0.926. The van der Waals surface area contributed by atoms with E-state index >= 15 is 0 Å². The molecule has 0 aliphatic carbocycles. The molecule has 0 aliphatic heterocycles. The second-order valence-electron chi connectivity index (χ2n) is 12.6. The number of carbonyl (C=O) groups excluding carboxylic acids is 2. The van der Waals surface area contributed by atoms with Crippen LogP contribution >= 0.6 is 0 Å². The summed E-state index contributed by atoms with van der Waals surface area (Å²) in [7, 11) is 0. The maximum absolute atomic E-state index is 12.1. The molecule has 202 valence electrons. The molecule has 0 saturated heterocycles. The Morgan fingerprint density at radius 1 is 0.676 bits per heavy atom. The summed E-state index contributed by atoms with van der Waals surface area (Å²) in [5, 5.41) is 6.14. The van der Waals surface area contributed by atoms with E-state index in [1.165, 1.54) is 0 Å². The first-order chi connectivity index (χ1) is 15.5. The summed E-state index contributed by atoms with van der Waals surface area (Å²) in [6, 6.07) is 0. The average molecular weight is 487 g/mol. The first-order valence-electron chi connectivity index (χ1n) is 12.8. The minimum absolute atomic E-state index is 0.0616. The molecule has 0 bridgehead atoms. The van der Waals surface area contributed by atoms with Crippen molar-refractivity contribution in [2.45, 2.75) is 94.0 Å². The normalized spacial score (nSPS) is 12.9. The van der Waals surface area contributed by atoms with Crippen molar-refractivity contribution in [3.8, 4) is 0 Å². The average Bonchev–Trinajstić information content (AvgIpc) is 2.62. The SMILES string of the molecule is CC(C)CC(=O)NCC(C)(C)COCCOCCOCC(C)(C)CC(C)(C)NC(=O)CC(C)C. The van der Waals surface area contributed by atoms with Crippen LogP contribution < -0.4 is 10.6 Å². The number of amides is 2. The summed E-state index contributed by atoms with van der Waals surface area (Å²) in [6.07, 6.45) is 1.93. The largest absolute Gasteiger partial charge is 0.379 e. The number of rotatable bonds is 19. The van der Waals surface area contributed by atoms with Crippen LogP contribution in [-0.2, 0) is 23.8 Å². The molecule has 0 saturated carbocycles. The van der Waals surface area contributed by atoms with Gasteiger partial charge in [0, 0.05) is 30.3 Å². The Kier molecular flexibility index (Phi) is 15.2. The maximum atomic E-state index is 12.1. The molecule has 2 N–H and O–H groups in total. The smallest absolute Gasteiger partial charge is 0.220 e. The Morgan fingerprint density at radius 3 is 1.62 bits per heavy atom. The van der Waals surface area contributed by atoms with Crippen LogP contribution in [0.4, 0.5) is 0 Å². The van der Waals surface area contributed by atoms with Crippen molar-refractivity contribution in [1.29, 1.82) is 0 Å². The molecule has 0 rings (SSSR count). The zero-order valence-electron chi connectivity index (χ0n) is 23.8. The van der Waals surface area contributed by atoms with E-state index in [-0.39, 0.29) is 28.2 Å². The maximum Gasteiger partial charge on any atom is 0.220 e. The van der Waals surface area contributed by atoms with Crippen LogP contribution in [0.1, 0.15) is 88.5 Å². The first-order valence-corrected chi connectivity index (χ1v) is 12.8. The van der Waals surface area contributed by atoms with Crippen LogP contribution in [0.3, 0.4) is 0 Å². The monoisotopic (exact) mass is 486 g/mol. The molecule has 0 aromatic carbocycles. The third kappa shape index (κ3) is 19.2. The zero-order valence-corrected chi connectivity index (χ0v) is 23.8. The van der Waals surface area contributed by atoms with Gasteiger partial charge in [0.2, 0.25) is 11.8 Å². The molecule has 0 spiro atoms. The molecule has 0 atom stereocenters. The lowest BCUT2D eigenvalue weighted by molar-refractivity contribution is -0.124. The molecule has 2 amide bonds. The van der Waals surface area contributed by atoms with Gasteiger partial charge in [-0.2, -0.15) is 0 Å². The second kappa shape index (κ2) is 15.7. The van der Waals surface area contributed by atoms with Gasteiger partial charge in [-0.05, 0) is 37.5 Å². The van der Waals surface area contributed by atoms with Crippen LogP contribution in [-0.4, -0.2) is 63.5 Å². The van der Waals surface area contributed by atoms with Gasteiger partial charge in [-0.15, -0.1) is 0 Å². The third-order valence-corrected chi connectivity index (χ3v) is 5.08. The van der Waals surface area contributed by atoms with E-state index in [1.807, 2.05) is 13.8 Å². The molecule has 0 fully saturated rings.